The van der Waals surface area contributed by atoms with Crippen molar-refractivity contribution in [1.82, 2.24) is 15.0 Å². The SMILES string of the molecule is Fc1c(F)c(F)c(-c2nc(C(Br)(Br)Br)nc(C(Br)(Br)Br)n2)c(F)c1F. The van der Waals surface area contributed by atoms with Gasteiger partial charge in [-0.1, -0.05) is 95.6 Å². The summed E-state index contributed by atoms with van der Waals surface area (Å²) in [5.41, 5.74) is -1.28. The molecule has 1 heterocycles. The molecule has 0 bridgehead atoms. The van der Waals surface area contributed by atoms with E-state index in [0.29, 0.717) is 0 Å². The van der Waals surface area contributed by atoms with Crippen molar-refractivity contribution in [3.05, 3.63) is 40.7 Å². The molecule has 14 heteroatoms. The van der Waals surface area contributed by atoms with Crippen LogP contribution < -0.4 is 0 Å². The molecule has 0 amide bonds. The van der Waals surface area contributed by atoms with E-state index in [9.17, 15) is 22.0 Å². The number of alkyl halides is 6. The first-order chi connectivity index (χ1) is 11.2. The van der Waals surface area contributed by atoms with Crippen molar-refractivity contribution in [2.45, 2.75) is 4.29 Å². The summed E-state index contributed by atoms with van der Waals surface area (Å²) in [4.78, 5) is 11.5. The Morgan fingerprint density at radius 2 is 0.840 bits per heavy atom. The molecule has 0 aliphatic carbocycles. The summed E-state index contributed by atoms with van der Waals surface area (Å²) >= 11 is 18.7. The van der Waals surface area contributed by atoms with E-state index >= 15 is 0 Å². The molecule has 0 saturated carbocycles. The Morgan fingerprint density at radius 1 is 0.520 bits per heavy atom. The second-order valence-electron chi connectivity index (χ2n) is 4.25. The molecule has 1 aromatic carbocycles. The molecule has 2 rings (SSSR count). The minimum Gasteiger partial charge on any atom is -0.211 e. The molecule has 0 N–H and O–H groups in total. The summed E-state index contributed by atoms with van der Waals surface area (Å²) < 4.78 is 65.8. The summed E-state index contributed by atoms with van der Waals surface area (Å²) in [6, 6.07) is 0. The second-order valence-corrected chi connectivity index (χ2v) is 17.8. The second kappa shape index (κ2) is 7.64. The van der Waals surface area contributed by atoms with Crippen LogP contribution in [0, 0.1) is 29.1 Å². The van der Waals surface area contributed by atoms with Gasteiger partial charge in [-0.05, 0) is 0 Å². The predicted octanol–water partition coefficient (Wildman–Crippen LogP) is 6.82. The summed E-state index contributed by atoms with van der Waals surface area (Å²) in [5, 5.41) is 0. The van der Waals surface area contributed by atoms with Crippen LogP contribution in [0.1, 0.15) is 11.6 Å². The van der Waals surface area contributed by atoms with E-state index in [-0.39, 0.29) is 11.6 Å². The lowest BCUT2D eigenvalue weighted by Gasteiger charge is -2.17. The zero-order valence-corrected chi connectivity index (χ0v) is 20.5. The van der Waals surface area contributed by atoms with E-state index in [1.807, 2.05) is 0 Å². The quantitative estimate of drug-likeness (QED) is 0.139. The number of benzene rings is 1. The normalized spacial score (nSPS) is 12.6. The van der Waals surface area contributed by atoms with Gasteiger partial charge in [0.25, 0.3) is 0 Å². The Balaban J connectivity index is 2.89. The summed E-state index contributed by atoms with van der Waals surface area (Å²) in [7, 11) is 0. The van der Waals surface area contributed by atoms with Gasteiger partial charge in [0.15, 0.2) is 45.0 Å². The van der Waals surface area contributed by atoms with Crippen LogP contribution in [0.15, 0.2) is 0 Å². The van der Waals surface area contributed by atoms with Crippen molar-refractivity contribution >= 4 is 95.6 Å². The fourth-order valence-corrected chi connectivity index (χ4v) is 2.61. The third kappa shape index (κ3) is 4.61. The maximum Gasteiger partial charge on any atom is 0.200 e. The standard InChI is InChI=1S/C11Br6F5N3/c12-10(13,14)8-23-7(24-9(25-8)11(15,16)17)1-2(18)4(20)6(22)5(21)3(1)19. The van der Waals surface area contributed by atoms with Crippen LogP contribution in [0.3, 0.4) is 0 Å². The average molecular weight is 749 g/mol. The van der Waals surface area contributed by atoms with E-state index in [2.05, 4.69) is 111 Å². The molecule has 0 radical (unpaired) electrons. The monoisotopic (exact) mass is 743 g/mol. The van der Waals surface area contributed by atoms with Crippen molar-refractivity contribution in [3.8, 4) is 11.4 Å². The van der Waals surface area contributed by atoms with Gasteiger partial charge in [0, 0.05) is 0 Å². The van der Waals surface area contributed by atoms with Gasteiger partial charge in [-0.2, -0.15) is 0 Å². The van der Waals surface area contributed by atoms with Crippen LogP contribution >= 0.6 is 95.6 Å². The van der Waals surface area contributed by atoms with E-state index in [0.717, 1.165) is 0 Å². The maximum absolute atomic E-state index is 14.1. The van der Waals surface area contributed by atoms with Gasteiger partial charge in [-0.15, -0.1) is 0 Å². The summed E-state index contributed by atoms with van der Waals surface area (Å²) in [5.74, 6) is -11.7. The van der Waals surface area contributed by atoms with Gasteiger partial charge in [-0.3, -0.25) is 0 Å². The molecule has 2 aromatic rings. The number of rotatable bonds is 1. The van der Waals surface area contributed by atoms with Crippen LogP contribution in [0.25, 0.3) is 11.4 Å². The molecule has 0 spiro atoms. The molecule has 136 valence electrons. The Labute approximate surface area is 187 Å². The molecule has 0 aliphatic rings. The van der Waals surface area contributed by atoms with Crippen molar-refractivity contribution in [2.75, 3.05) is 0 Å². The van der Waals surface area contributed by atoms with Gasteiger partial charge >= 0.3 is 0 Å². The molecule has 3 nitrogen and oxygen atoms in total. The number of halogens is 11. The Morgan fingerprint density at radius 3 is 1.16 bits per heavy atom. The molecular formula is C11Br6F5N3. The highest BCUT2D eigenvalue weighted by molar-refractivity contribution is 9.39. The molecule has 0 unspecified atom stereocenters. The van der Waals surface area contributed by atoms with E-state index in [1.165, 1.54) is 0 Å². The molecule has 0 aliphatic heterocycles. The van der Waals surface area contributed by atoms with E-state index < -0.39 is 44.8 Å². The van der Waals surface area contributed by atoms with Crippen LogP contribution in [0.4, 0.5) is 22.0 Å². The lowest BCUT2D eigenvalue weighted by molar-refractivity contribution is 0.380. The van der Waals surface area contributed by atoms with Crippen molar-refractivity contribution in [3.63, 3.8) is 0 Å². The molecule has 0 fully saturated rings. The Hall–Kier alpha value is 0.760. The number of hydrogen-bond donors (Lipinski definition) is 0. The topological polar surface area (TPSA) is 38.7 Å². The molecule has 0 saturated heterocycles. The Kier molecular flexibility index (Phi) is 6.74. The first-order valence-corrected chi connectivity index (χ1v) is 10.4. The fraction of sp³-hybridized carbons (Fsp3) is 0.182. The average Bonchev–Trinajstić information content (AvgIpc) is 2.49. The lowest BCUT2D eigenvalue weighted by atomic mass is 10.1. The fourth-order valence-electron chi connectivity index (χ4n) is 1.54. The number of nitrogens with zero attached hydrogens (tertiary/aromatic N) is 3. The third-order valence-corrected chi connectivity index (χ3v) is 4.70. The molecule has 25 heavy (non-hydrogen) atoms. The first-order valence-electron chi connectivity index (χ1n) is 5.67. The number of aromatic nitrogens is 3. The number of hydrogen-bond acceptors (Lipinski definition) is 3. The van der Waals surface area contributed by atoms with E-state index in [4.69, 9.17) is 0 Å². The molecule has 1 aromatic heterocycles. The minimum absolute atomic E-state index is 0.154. The van der Waals surface area contributed by atoms with Crippen molar-refractivity contribution in [1.29, 1.82) is 0 Å². The van der Waals surface area contributed by atoms with Crippen LogP contribution in [0.5, 0.6) is 0 Å². The highest BCUT2D eigenvalue weighted by atomic mass is 80.0. The molecular weight excluding hydrogens is 749 g/mol. The van der Waals surface area contributed by atoms with Gasteiger partial charge in [0.1, 0.15) is 0 Å². The smallest absolute Gasteiger partial charge is 0.200 e. The highest BCUT2D eigenvalue weighted by Gasteiger charge is 2.35. The highest BCUT2D eigenvalue weighted by Crippen LogP contribution is 2.47. The van der Waals surface area contributed by atoms with Crippen LogP contribution in [-0.2, 0) is 4.29 Å². The first kappa shape index (κ1) is 22.1. The maximum atomic E-state index is 14.1. The van der Waals surface area contributed by atoms with Gasteiger partial charge < -0.3 is 0 Å². The van der Waals surface area contributed by atoms with Crippen molar-refractivity contribution in [2.24, 2.45) is 0 Å². The predicted molar refractivity (Wildman–Crippen MR) is 102 cm³/mol. The largest absolute Gasteiger partial charge is 0.211 e. The third-order valence-electron chi connectivity index (χ3n) is 2.58. The lowest BCUT2D eigenvalue weighted by Crippen LogP contribution is -2.16. The van der Waals surface area contributed by atoms with Crippen LogP contribution in [-0.4, -0.2) is 15.0 Å². The minimum atomic E-state index is -2.28. The summed E-state index contributed by atoms with van der Waals surface area (Å²) in [6.45, 7) is 0. The van der Waals surface area contributed by atoms with Crippen molar-refractivity contribution < 1.29 is 22.0 Å². The van der Waals surface area contributed by atoms with Gasteiger partial charge in [0.2, 0.25) is 5.82 Å². The zero-order chi connectivity index (χ0) is 19.3. The zero-order valence-electron chi connectivity index (χ0n) is 11.0. The van der Waals surface area contributed by atoms with Gasteiger partial charge in [0.05, 0.1) is 5.56 Å². The summed E-state index contributed by atoms with van der Waals surface area (Å²) in [6.07, 6.45) is 0. The van der Waals surface area contributed by atoms with Gasteiger partial charge in [-0.25, -0.2) is 36.9 Å². The molecule has 0 atom stereocenters. The Bertz CT molecular complexity index is 790. The van der Waals surface area contributed by atoms with E-state index in [1.54, 1.807) is 0 Å². The van der Waals surface area contributed by atoms with Crippen LogP contribution in [0.2, 0.25) is 0 Å².